The minimum absolute atomic E-state index is 0.111. The Morgan fingerprint density at radius 3 is 2.70 bits per heavy atom. The van der Waals surface area contributed by atoms with Gasteiger partial charge in [0.05, 0.1) is 29.4 Å². The molecule has 0 aliphatic carbocycles. The molecule has 0 radical (unpaired) electrons. The molecule has 2 N–H and O–H groups in total. The minimum atomic E-state index is -0.330. The van der Waals surface area contributed by atoms with Crippen LogP contribution in [0.15, 0.2) is 30.3 Å². The smallest absolute Gasteiger partial charge is 0.261 e. The summed E-state index contributed by atoms with van der Waals surface area (Å²) in [5, 5.41) is 10.5. The molecule has 7 nitrogen and oxygen atoms in total. The summed E-state index contributed by atoms with van der Waals surface area (Å²) in [7, 11) is 1.55. The quantitative estimate of drug-likeness (QED) is 0.605. The van der Waals surface area contributed by atoms with E-state index in [9.17, 15) is 14.0 Å². The lowest BCUT2D eigenvalue weighted by molar-refractivity contribution is -0.120. The SMILES string of the molecule is COCCNC(=O)CNC(=O)c1cc2c(C)nn(-c3ccc(F)cc3)c2s1. The van der Waals surface area contributed by atoms with Crippen LogP contribution < -0.4 is 10.6 Å². The highest BCUT2D eigenvalue weighted by molar-refractivity contribution is 7.20. The van der Waals surface area contributed by atoms with Crippen LogP contribution in [-0.2, 0) is 9.53 Å². The summed E-state index contributed by atoms with van der Waals surface area (Å²) in [6.45, 7) is 2.54. The molecule has 0 unspecified atom stereocenters. The molecule has 9 heteroatoms. The van der Waals surface area contributed by atoms with Gasteiger partial charge in [-0.25, -0.2) is 9.07 Å². The number of aryl methyl sites for hydroxylation is 1. The molecular formula is C18H19FN4O3S. The molecule has 2 heterocycles. The Labute approximate surface area is 159 Å². The highest BCUT2D eigenvalue weighted by atomic mass is 32.1. The molecule has 0 fully saturated rings. The van der Waals surface area contributed by atoms with E-state index in [1.165, 1.54) is 23.5 Å². The Morgan fingerprint density at radius 1 is 1.26 bits per heavy atom. The number of nitrogens with zero attached hydrogens (tertiary/aromatic N) is 2. The Bertz CT molecular complexity index is 965. The molecule has 1 aromatic carbocycles. The van der Waals surface area contributed by atoms with E-state index in [-0.39, 0.29) is 24.2 Å². The summed E-state index contributed by atoms with van der Waals surface area (Å²) in [5.41, 5.74) is 1.47. The van der Waals surface area contributed by atoms with Crippen LogP contribution in [0.4, 0.5) is 4.39 Å². The monoisotopic (exact) mass is 390 g/mol. The Balaban J connectivity index is 1.74. The predicted molar refractivity (Wildman–Crippen MR) is 101 cm³/mol. The second kappa shape index (κ2) is 8.28. The lowest BCUT2D eigenvalue weighted by atomic mass is 10.3. The molecule has 3 rings (SSSR count). The second-order valence-corrected chi connectivity index (χ2v) is 6.86. The number of aromatic nitrogens is 2. The van der Waals surface area contributed by atoms with Gasteiger partial charge in [-0.1, -0.05) is 0 Å². The molecule has 142 valence electrons. The van der Waals surface area contributed by atoms with E-state index in [1.807, 2.05) is 6.92 Å². The molecule has 3 aromatic rings. The van der Waals surface area contributed by atoms with Crippen molar-refractivity contribution in [2.24, 2.45) is 0 Å². The number of methoxy groups -OCH3 is 1. The summed E-state index contributed by atoms with van der Waals surface area (Å²) in [5.74, 6) is -0.938. The lowest BCUT2D eigenvalue weighted by Gasteiger charge is -2.05. The van der Waals surface area contributed by atoms with Crippen LogP contribution in [0.2, 0.25) is 0 Å². The van der Waals surface area contributed by atoms with Crippen molar-refractivity contribution in [3.8, 4) is 5.69 Å². The van der Waals surface area contributed by atoms with E-state index in [4.69, 9.17) is 4.74 Å². The fourth-order valence-corrected chi connectivity index (χ4v) is 3.62. The average molecular weight is 390 g/mol. The average Bonchev–Trinajstić information content (AvgIpc) is 3.22. The van der Waals surface area contributed by atoms with Crippen molar-refractivity contribution in [3.63, 3.8) is 0 Å². The molecule has 0 saturated heterocycles. The summed E-state index contributed by atoms with van der Waals surface area (Å²) in [6.07, 6.45) is 0. The summed E-state index contributed by atoms with van der Waals surface area (Å²) in [6, 6.07) is 7.74. The zero-order valence-electron chi connectivity index (χ0n) is 14.9. The fourth-order valence-electron chi connectivity index (χ4n) is 2.52. The lowest BCUT2D eigenvalue weighted by Crippen LogP contribution is -2.37. The Kier molecular flexibility index (Phi) is 5.82. The van der Waals surface area contributed by atoms with Crippen molar-refractivity contribution in [3.05, 3.63) is 46.7 Å². The van der Waals surface area contributed by atoms with E-state index in [0.29, 0.717) is 23.7 Å². The number of hydrogen-bond donors (Lipinski definition) is 2. The third-order valence-corrected chi connectivity index (χ3v) is 4.99. The fraction of sp³-hybridized carbons (Fsp3) is 0.278. The van der Waals surface area contributed by atoms with Gasteiger partial charge in [-0.15, -0.1) is 11.3 Å². The maximum absolute atomic E-state index is 13.2. The van der Waals surface area contributed by atoms with E-state index < -0.39 is 0 Å². The van der Waals surface area contributed by atoms with Crippen molar-refractivity contribution in [1.82, 2.24) is 20.4 Å². The van der Waals surface area contributed by atoms with Gasteiger partial charge in [0.1, 0.15) is 10.6 Å². The van der Waals surface area contributed by atoms with Gasteiger partial charge in [0, 0.05) is 19.0 Å². The van der Waals surface area contributed by atoms with Gasteiger partial charge in [-0.3, -0.25) is 9.59 Å². The number of thiophene rings is 1. The van der Waals surface area contributed by atoms with Crippen LogP contribution in [0.25, 0.3) is 15.9 Å². The first-order chi connectivity index (χ1) is 13.0. The number of fused-ring (bicyclic) bond motifs is 1. The van der Waals surface area contributed by atoms with Gasteiger partial charge in [-0.05, 0) is 37.3 Å². The second-order valence-electron chi connectivity index (χ2n) is 5.83. The highest BCUT2D eigenvalue weighted by Gasteiger charge is 2.17. The van der Waals surface area contributed by atoms with E-state index in [1.54, 1.807) is 30.0 Å². The number of nitrogens with one attached hydrogen (secondary N) is 2. The van der Waals surface area contributed by atoms with E-state index in [0.717, 1.165) is 15.9 Å². The van der Waals surface area contributed by atoms with Crippen LogP contribution in [-0.4, -0.2) is 48.4 Å². The van der Waals surface area contributed by atoms with Gasteiger partial charge in [0.15, 0.2) is 0 Å². The molecule has 0 atom stereocenters. The van der Waals surface area contributed by atoms with Crippen LogP contribution >= 0.6 is 11.3 Å². The first-order valence-electron chi connectivity index (χ1n) is 8.28. The first-order valence-corrected chi connectivity index (χ1v) is 9.10. The van der Waals surface area contributed by atoms with Gasteiger partial charge < -0.3 is 15.4 Å². The number of amides is 2. The van der Waals surface area contributed by atoms with Crippen molar-refractivity contribution >= 4 is 33.4 Å². The zero-order valence-corrected chi connectivity index (χ0v) is 15.7. The van der Waals surface area contributed by atoms with Crippen molar-refractivity contribution in [2.45, 2.75) is 6.92 Å². The zero-order chi connectivity index (χ0) is 19.4. The number of ether oxygens (including phenoxy) is 1. The number of carbonyl (C=O) groups excluding carboxylic acids is 2. The number of benzene rings is 1. The molecular weight excluding hydrogens is 371 g/mol. The topological polar surface area (TPSA) is 85.2 Å². The number of hydrogen-bond acceptors (Lipinski definition) is 5. The number of rotatable bonds is 7. The van der Waals surface area contributed by atoms with Crippen LogP contribution in [0.5, 0.6) is 0 Å². The molecule has 0 bridgehead atoms. The van der Waals surface area contributed by atoms with Gasteiger partial charge >= 0.3 is 0 Å². The van der Waals surface area contributed by atoms with Gasteiger partial charge in [-0.2, -0.15) is 5.10 Å². The third-order valence-electron chi connectivity index (χ3n) is 3.88. The van der Waals surface area contributed by atoms with Crippen LogP contribution in [0.1, 0.15) is 15.4 Å². The molecule has 0 saturated carbocycles. The normalized spacial score (nSPS) is 10.9. The molecule has 0 aliphatic heterocycles. The molecule has 0 spiro atoms. The van der Waals surface area contributed by atoms with E-state index >= 15 is 0 Å². The maximum Gasteiger partial charge on any atom is 0.261 e. The van der Waals surface area contributed by atoms with Gasteiger partial charge in [0.25, 0.3) is 5.91 Å². The summed E-state index contributed by atoms with van der Waals surface area (Å²) >= 11 is 1.27. The maximum atomic E-state index is 13.2. The molecule has 0 aliphatic rings. The Morgan fingerprint density at radius 2 is 2.00 bits per heavy atom. The molecule has 2 amide bonds. The van der Waals surface area contributed by atoms with Crippen LogP contribution in [0, 0.1) is 12.7 Å². The first kappa shape index (κ1) is 19.0. The third kappa shape index (κ3) is 4.32. The van der Waals surface area contributed by atoms with Crippen molar-refractivity contribution < 1.29 is 18.7 Å². The Hall–Kier alpha value is -2.78. The number of halogens is 1. The minimum Gasteiger partial charge on any atom is -0.383 e. The summed E-state index contributed by atoms with van der Waals surface area (Å²) in [4.78, 5) is 25.3. The van der Waals surface area contributed by atoms with Gasteiger partial charge in [0.2, 0.25) is 5.91 Å². The molecule has 27 heavy (non-hydrogen) atoms. The predicted octanol–water partition coefficient (Wildman–Crippen LogP) is 2.03. The van der Waals surface area contributed by atoms with Crippen molar-refractivity contribution in [2.75, 3.05) is 26.8 Å². The van der Waals surface area contributed by atoms with Crippen molar-refractivity contribution in [1.29, 1.82) is 0 Å². The largest absolute Gasteiger partial charge is 0.383 e. The standard InChI is InChI=1S/C18H19FN4O3S/c1-11-14-9-15(17(25)21-10-16(24)20-7-8-26-2)27-18(14)23(22-11)13-5-3-12(19)4-6-13/h3-6,9H,7-8,10H2,1-2H3,(H,20,24)(H,21,25). The number of carbonyl (C=O) groups is 2. The molecule has 2 aromatic heterocycles. The van der Waals surface area contributed by atoms with Crippen LogP contribution in [0.3, 0.4) is 0 Å². The summed E-state index contributed by atoms with van der Waals surface area (Å²) < 4.78 is 19.7. The highest BCUT2D eigenvalue weighted by Crippen LogP contribution is 2.30. The van der Waals surface area contributed by atoms with E-state index in [2.05, 4.69) is 15.7 Å².